The molecule has 3 aliphatic rings. The summed E-state index contributed by atoms with van der Waals surface area (Å²) in [5.74, 6) is -1.65. The molecule has 262 valence electrons. The van der Waals surface area contributed by atoms with Gasteiger partial charge in [0.25, 0.3) is 0 Å². The fourth-order valence-electron chi connectivity index (χ4n) is 5.38. The molecule has 7 heterocycles. The van der Waals surface area contributed by atoms with Crippen molar-refractivity contribution < 1.29 is 24.2 Å². The number of aliphatic hydroxyl groups is 2. The average molecular weight is 719 g/mol. The number of allylic oxidation sites excluding steroid dienone is 1. The molecule has 12 nitrogen and oxygen atoms in total. The van der Waals surface area contributed by atoms with Crippen molar-refractivity contribution >= 4 is 41.4 Å². The van der Waals surface area contributed by atoms with Crippen LogP contribution in [0.25, 0.3) is 0 Å². The summed E-state index contributed by atoms with van der Waals surface area (Å²) in [6.07, 6.45) is 21.7. The van der Waals surface area contributed by atoms with E-state index in [9.17, 15) is 15.0 Å². The summed E-state index contributed by atoms with van der Waals surface area (Å²) < 4.78 is 8.14. The number of carbonyl (C=O) groups is 1. The fraction of sp³-hybridized carbons (Fsp3) is 0.333. The highest BCUT2D eigenvalue weighted by Crippen LogP contribution is 2.29. The van der Waals surface area contributed by atoms with Crippen LogP contribution in [0.5, 0.6) is 0 Å². The summed E-state index contributed by atoms with van der Waals surface area (Å²) >= 11 is 10.0. The third-order valence-electron chi connectivity index (χ3n) is 7.46. The highest BCUT2D eigenvalue weighted by molar-refractivity contribution is 6.35. The quantitative estimate of drug-likeness (QED) is 0.132. The van der Waals surface area contributed by atoms with Gasteiger partial charge >= 0.3 is 0 Å². The third-order valence-corrected chi connectivity index (χ3v) is 8.06. The van der Waals surface area contributed by atoms with Gasteiger partial charge in [0.15, 0.2) is 37.1 Å². The number of hydrogen-bond acceptors (Lipinski definition) is 8. The number of rotatable bonds is 6. The van der Waals surface area contributed by atoms with Crippen LogP contribution in [0.1, 0.15) is 42.5 Å². The van der Waals surface area contributed by atoms with E-state index in [1.165, 1.54) is 6.92 Å². The first kappa shape index (κ1) is 38.0. The lowest BCUT2D eigenvalue weighted by atomic mass is 9.91. The molecule has 0 amide bonds. The van der Waals surface area contributed by atoms with Crippen LogP contribution in [-0.2, 0) is 31.0 Å². The minimum atomic E-state index is -1.67. The Kier molecular flexibility index (Phi) is 14.8. The van der Waals surface area contributed by atoms with Crippen LogP contribution >= 0.6 is 23.2 Å². The molecule has 0 aromatic carbocycles. The molecule has 2 unspecified atom stereocenters. The van der Waals surface area contributed by atoms with Gasteiger partial charge in [0.1, 0.15) is 11.4 Å². The number of Topliss-reactive ketones (excluding diaryl/α,β-unsaturated/α-hetero) is 1. The lowest BCUT2D eigenvalue weighted by Crippen LogP contribution is -2.34. The molecule has 7 rings (SSSR count). The zero-order valence-corrected chi connectivity index (χ0v) is 29.3. The van der Waals surface area contributed by atoms with Crippen molar-refractivity contribution in [1.29, 1.82) is 5.26 Å². The molecule has 0 radical (unpaired) electrons. The summed E-state index contributed by atoms with van der Waals surface area (Å²) in [4.78, 5) is 27.3. The van der Waals surface area contributed by atoms with Crippen LogP contribution < -0.4 is 0 Å². The monoisotopic (exact) mass is 717 g/mol. The molecule has 0 fully saturated rings. The maximum Gasteiger partial charge on any atom is 0.190 e. The third kappa shape index (κ3) is 12.9. The lowest BCUT2D eigenvalue weighted by molar-refractivity contribution is -0.499. The van der Waals surface area contributed by atoms with Gasteiger partial charge in [-0.1, -0.05) is 12.1 Å². The first-order valence-corrected chi connectivity index (χ1v) is 17.0. The number of aromatic nitrogens is 6. The Morgan fingerprint density at radius 3 is 2.14 bits per heavy atom. The molecule has 4 aromatic heterocycles. The molecule has 14 heteroatoms. The van der Waals surface area contributed by atoms with E-state index in [1.54, 1.807) is 31.1 Å². The van der Waals surface area contributed by atoms with Gasteiger partial charge in [-0.2, -0.15) is 5.26 Å². The van der Waals surface area contributed by atoms with Crippen LogP contribution in [0, 0.1) is 36.1 Å². The van der Waals surface area contributed by atoms with Gasteiger partial charge in [-0.15, -0.1) is 35.3 Å². The van der Waals surface area contributed by atoms with Crippen LogP contribution in [-0.4, -0.2) is 84.2 Å². The summed E-state index contributed by atoms with van der Waals surface area (Å²) in [7, 11) is 0. The number of imidazole rings is 2. The molecule has 0 saturated heterocycles. The summed E-state index contributed by atoms with van der Waals surface area (Å²) in [6.45, 7) is 6.37. The Bertz CT molecular complexity index is 1720. The first-order valence-electron chi connectivity index (χ1n) is 16.0. The highest BCUT2D eigenvalue weighted by atomic mass is 35.5. The molecule has 0 saturated carbocycles. The van der Waals surface area contributed by atoms with Crippen LogP contribution in [0.15, 0.2) is 86.1 Å². The van der Waals surface area contributed by atoms with Crippen molar-refractivity contribution in [3.05, 3.63) is 122 Å². The SMILES string of the molecule is CC#N.O=C(CCl)CCl.OC1(O)CC2C=C[N+](=C2)Cc2cccc(n2)C[N+]2=C[CH-]C([CH-]2)C1.c1cc(Cn2ccnc2)nc(Cn2ccnc2)c1. The second-order valence-electron chi connectivity index (χ2n) is 11.8. The van der Waals surface area contributed by atoms with Crippen LogP contribution in [0.4, 0.5) is 0 Å². The topological polar surface area (TPSA) is 149 Å². The molecule has 0 spiro atoms. The van der Waals surface area contributed by atoms with Crippen molar-refractivity contribution in [3.63, 3.8) is 0 Å². The zero-order valence-electron chi connectivity index (χ0n) is 27.8. The smallest absolute Gasteiger partial charge is 0.190 e. The van der Waals surface area contributed by atoms with Gasteiger partial charge in [-0.3, -0.25) is 9.78 Å². The number of hydrogen-bond donors (Lipinski definition) is 2. The van der Waals surface area contributed by atoms with Gasteiger partial charge in [0, 0.05) is 38.1 Å². The molecule has 6 bridgehead atoms. The molecule has 2 atom stereocenters. The van der Waals surface area contributed by atoms with Crippen molar-refractivity contribution in [2.45, 2.75) is 51.7 Å². The number of fused-ring (bicyclic) bond motifs is 5. The Hall–Kier alpha value is -4.80. The fourth-order valence-corrected chi connectivity index (χ4v) is 5.66. The highest BCUT2D eigenvalue weighted by Gasteiger charge is 2.31. The molecule has 4 aromatic rings. The number of pyridine rings is 2. The molecular weight excluding hydrogens is 677 g/mol. The number of ketones is 1. The van der Waals surface area contributed by atoms with E-state index in [1.807, 2.05) is 95.6 Å². The van der Waals surface area contributed by atoms with E-state index in [-0.39, 0.29) is 29.4 Å². The second-order valence-corrected chi connectivity index (χ2v) is 12.3. The van der Waals surface area contributed by atoms with Crippen molar-refractivity contribution in [3.8, 4) is 6.07 Å². The molecule has 0 aliphatic carbocycles. The Labute approximate surface area is 302 Å². The van der Waals surface area contributed by atoms with E-state index in [0.717, 1.165) is 35.9 Å². The normalized spacial score (nSPS) is 18.0. The Balaban J connectivity index is 0.000000185. The van der Waals surface area contributed by atoms with Gasteiger partial charge in [0.2, 0.25) is 0 Å². The largest absolute Gasteiger partial charge is 0.398 e. The number of nitrogens with zero attached hydrogens (tertiary/aromatic N) is 9. The molecule has 50 heavy (non-hydrogen) atoms. The number of alkyl halides is 2. The molecule has 3 aliphatic heterocycles. The average Bonchev–Trinajstić information content (AvgIpc) is 3.93. The second kappa shape index (κ2) is 19.4. The van der Waals surface area contributed by atoms with Crippen molar-refractivity contribution in [1.82, 2.24) is 29.1 Å². The number of carbonyl (C=O) groups excluding carboxylic acids is 1. The van der Waals surface area contributed by atoms with E-state index in [4.69, 9.17) is 33.4 Å². The minimum absolute atomic E-state index is 0.0312. The maximum absolute atomic E-state index is 10.4. The Morgan fingerprint density at radius 2 is 1.58 bits per heavy atom. The van der Waals surface area contributed by atoms with E-state index in [2.05, 4.69) is 24.1 Å². The summed E-state index contributed by atoms with van der Waals surface area (Å²) in [5.41, 5.74) is 4.09. The van der Waals surface area contributed by atoms with Crippen molar-refractivity contribution in [2.75, 3.05) is 11.8 Å². The lowest BCUT2D eigenvalue weighted by Gasteiger charge is -2.30. The first-order chi connectivity index (χ1) is 24.2. The van der Waals surface area contributed by atoms with E-state index in [0.29, 0.717) is 25.9 Å². The van der Waals surface area contributed by atoms with Gasteiger partial charge < -0.3 is 30.3 Å². The Morgan fingerprint density at radius 1 is 0.980 bits per heavy atom. The molecule has 2 N–H and O–H groups in total. The predicted octanol–water partition coefficient (Wildman–Crippen LogP) is 4.00. The van der Waals surface area contributed by atoms with E-state index < -0.39 is 5.79 Å². The zero-order chi connectivity index (χ0) is 35.8. The summed E-state index contributed by atoms with van der Waals surface area (Å²) in [5, 5.41) is 28.0. The van der Waals surface area contributed by atoms with E-state index >= 15 is 0 Å². The van der Waals surface area contributed by atoms with Gasteiger partial charge in [-0.05, 0) is 43.3 Å². The maximum atomic E-state index is 10.4. The number of halogens is 2. The van der Waals surface area contributed by atoms with Crippen LogP contribution in [0.2, 0.25) is 0 Å². The van der Waals surface area contributed by atoms with Gasteiger partial charge in [-0.25, -0.2) is 19.5 Å². The minimum Gasteiger partial charge on any atom is -0.398 e. The van der Waals surface area contributed by atoms with Crippen molar-refractivity contribution in [2.24, 2.45) is 11.8 Å². The van der Waals surface area contributed by atoms with Crippen LogP contribution in [0.3, 0.4) is 0 Å². The standard InChI is InChI=1S/C18H21N3O2.C13H13N5.C3H4Cl2O.C2H3N/c22-18(23)8-14-4-6-20(10-14)12-16-2-1-3-17(19-16)13-21-7-5-15(9-18)11-21;1-2-12(8-17-6-4-14-10-17)16-13(3-1)9-18-7-5-15-11-18;4-1-3(6)2-5;1-2-3/h1-7,10-11,14-15,22-23H,8-9,12-13H2;1-7,10-11H,8-9H2;1-2H2;1H3. The predicted molar refractivity (Wildman–Crippen MR) is 190 cm³/mol. The molecular formula is C36H41Cl2N9O3. The number of nitriles is 1. The van der Waals surface area contributed by atoms with Gasteiger partial charge in [0.05, 0.1) is 60.9 Å². The summed E-state index contributed by atoms with van der Waals surface area (Å²) in [6, 6.07) is 13.9.